The van der Waals surface area contributed by atoms with Crippen molar-refractivity contribution in [1.82, 2.24) is 14.2 Å². The van der Waals surface area contributed by atoms with Gasteiger partial charge in [-0.05, 0) is 38.9 Å². The smallest absolute Gasteiger partial charge is 0.354 e. The number of carbonyl (C=O) groups excluding carboxylic acids is 1. The van der Waals surface area contributed by atoms with Gasteiger partial charge in [0, 0.05) is 25.3 Å². The van der Waals surface area contributed by atoms with Gasteiger partial charge in [0.1, 0.15) is 10.6 Å². The van der Waals surface area contributed by atoms with E-state index in [0.717, 1.165) is 25.9 Å². The van der Waals surface area contributed by atoms with Crippen LogP contribution in [0.25, 0.3) is 0 Å². The minimum absolute atomic E-state index is 0.126. The molecule has 1 aliphatic rings. The van der Waals surface area contributed by atoms with Gasteiger partial charge < -0.3 is 9.30 Å². The van der Waals surface area contributed by atoms with Crippen LogP contribution in [0.5, 0.6) is 0 Å². The van der Waals surface area contributed by atoms with E-state index in [-0.39, 0.29) is 16.6 Å². The Hall–Kier alpha value is -1.38. The normalized spacial score (nSPS) is 19.2. The van der Waals surface area contributed by atoms with E-state index in [4.69, 9.17) is 0 Å². The van der Waals surface area contributed by atoms with Crippen LogP contribution in [0.15, 0.2) is 11.0 Å². The zero-order valence-corrected chi connectivity index (χ0v) is 14.9. The number of sulfonamides is 1. The van der Waals surface area contributed by atoms with Crippen LogP contribution in [-0.4, -0.2) is 56.6 Å². The number of rotatable bonds is 6. The van der Waals surface area contributed by atoms with Crippen molar-refractivity contribution >= 4 is 16.0 Å². The number of carbonyl (C=O) groups is 1. The molecule has 1 atom stereocenters. The molecule has 0 aromatic carbocycles. The Balaban J connectivity index is 2.18. The van der Waals surface area contributed by atoms with Crippen molar-refractivity contribution in [3.8, 4) is 0 Å². The number of methoxy groups -OCH3 is 1. The van der Waals surface area contributed by atoms with Crippen LogP contribution in [-0.2, 0) is 21.8 Å². The highest BCUT2D eigenvalue weighted by molar-refractivity contribution is 7.89. The quantitative estimate of drug-likeness (QED) is 0.776. The van der Waals surface area contributed by atoms with Crippen LogP contribution in [0.1, 0.15) is 35.9 Å². The standard InChI is InChI=1S/C15H25N3O4S/c1-5-18-8-6-7-12(18)10-16-23(20,21)14-9-13(15(19)22-4)17(3)11(14)2/h9,12,16H,5-8,10H2,1-4H3/t12-/m0/s1. The van der Waals surface area contributed by atoms with Gasteiger partial charge >= 0.3 is 5.97 Å². The lowest BCUT2D eigenvalue weighted by molar-refractivity contribution is 0.0589. The number of hydrogen-bond acceptors (Lipinski definition) is 5. The number of aromatic nitrogens is 1. The zero-order chi connectivity index (χ0) is 17.2. The van der Waals surface area contributed by atoms with E-state index in [1.54, 1.807) is 14.0 Å². The molecule has 1 fully saturated rings. The monoisotopic (exact) mass is 343 g/mol. The first-order valence-electron chi connectivity index (χ1n) is 7.80. The fourth-order valence-electron chi connectivity index (χ4n) is 3.07. The molecule has 1 aromatic rings. The third-order valence-electron chi connectivity index (χ3n) is 4.59. The number of esters is 1. The molecule has 0 radical (unpaired) electrons. The minimum atomic E-state index is -3.66. The maximum absolute atomic E-state index is 12.6. The Kier molecular flexibility index (Phi) is 5.49. The highest BCUT2D eigenvalue weighted by Gasteiger charge is 2.28. The third-order valence-corrected chi connectivity index (χ3v) is 6.13. The number of nitrogens with one attached hydrogen (secondary N) is 1. The summed E-state index contributed by atoms with van der Waals surface area (Å²) in [5, 5.41) is 0. The Morgan fingerprint density at radius 2 is 2.17 bits per heavy atom. The molecule has 0 spiro atoms. The molecule has 2 rings (SSSR count). The van der Waals surface area contributed by atoms with Crippen molar-refractivity contribution in [2.24, 2.45) is 7.05 Å². The van der Waals surface area contributed by atoms with Crippen molar-refractivity contribution < 1.29 is 17.9 Å². The molecule has 1 aliphatic heterocycles. The highest BCUT2D eigenvalue weighted by Crippen LogP contribution is 2.21. The van der Waals surface area contributed by atoms with Gasteiger partial charge in [-0.3, -0.25) is 4.90 Å². The van der Waals surface area contributed by atoms with Crippen molar-refractivity contribution in [2.75, 3.05) is 26.7 Å². The van der Waals surface area contributed by atoms with Gasteiger partial charge in [-0.1, -0.05) is 6.92 Å². The average molecular weight is 343 g/mol. The first kappa shape index (κ1) is 18.0. The fourth-order valence-corrected chi connectivity index (χ4v) is 4.43. The molecule has 0 saturated carbocycles. The summed E-state index contributed by atoms with van der Waals surface area (Å²) >= 11 is 0. The molecular weight excluding hydrogens is 318 g/mol. The number of likely N-dealkylation sites (N-methyl/N-ethyl adjacent to an activating group) is 1. The lowest BCUT2D eigenvalue weighted by Gasteiger charge is -2.22. The van der Waals surface area contributed by atoms with Crippen molar-refractivity contribution in [2.45, 2.75) is 37.6 Å². The maximum Gasteiger partial charge on any atom is 0.354 e. The summed E-state index contributed by atoms with van der Waals surface area (Å²) in [5.74, 6) is -0.551. The molecular formula is C15H25N3O4S. The minimum Gasteiger partial charge on any atom is -0.464 e. The second kappa shape index (κ2) is 7.02. The summed E-state index contributed by atoms with van der Waals surface area (Å²) in [6.45, 7) is 6.08. The zero-order valence-electron chi connectivity index (χ0n) is 14.1. The molecule has 130 valence electrons. The van der Waals surface area contributed by atoms with Gasteiger partial charge in [0.15, 0.2) is 0 Å². The summed E-state index contributed by atoms with van der Waals surface area (Å²) in [6, 6.07) is 1.61. The van der Waals surface area contributed by atoms with Gasteiger partial charge in [0.2, 0.25) is 10.0 Å². The molecule has 0 amide bonds. The fraction of sp³-hybridized carbons (Fsp3) is 0.667. The van der Waals surface area contributed by atoms with E-state index in [0.29, 0.717) is 12.2 Å². The van der Waals surface area contributed by atoms with Gasteiger partial charge in [-0.2, -0.15) is 0 Å². The van der Waals surface area contributed by atoms with Crippen LogP contribution in [0.3, 0.4) is 0 Å². The number of ether oxygens (including phenoxy) is 1. The third kappa shape index (κ3) is 3.59. The number of hydrogen-bond donors (Lipinski definition) is 1. The summed E-state index contributed by atoms with van der Waals surface area (Å²) in [6.07, 6.45) is 2.09. The van der Waals surface area contributed by atoms with Crippen LogP contribution < -0.4 is 4.72 Å². The van der Waals surface area contributed by atoms with Gasteiger partial charge in [0.05, 0.1) is 7.11 Å². The Labute approximate surface area is 137 Å². The van der Waals surface area contributed by atoms with E-state index in [2.05, 4.69) is 21.3 Å². The van der Waals surface area contributed by atoms with Crippen LogP contribution in [0.4, 0.5) is 0 Å². The number of likely N-dealkylation sites (tertiary alicyclic amines) is 1. The van der Waals surface area contributed by atoms with Gasteiger partial charge in [-0.25, -0.2) is 17.9 Å². The summed E-state index contributed by atoms with van der Waals surface area (Å²) < 4.78 is 34.1. The van der Waals surface area contributed by atoms with Crippen molar-refractivity contribution in [3.63, 3.8) is 0 Å². The van der Waals surface area contributed by atoms with Gasteiger partial charge in [-0.15, -0.1) is 0 Å². The summed E-state index contributed by atoms with van der Waals surface area (Å²) in [5.41, 5.74) is 0.734. The molecule has 1 aromatic heterocycles. The van der Waals surface area contributed by atoms with E-state index < -0.39 is 16.0 Å². The molecule has 23 heavy (non-hydrogen) atoms. The molecule has 0 unspecified atom stereocenters. The first-order chi connectivity index (χ1) is 10.8. The Bertz CT molecular complexity index is 681. The lowest BCUT2D eigenvalue weighted by atomic mass is 10.2. The first-order valence-corrected chi connectivity index (χ1v) is 9.28. The average Bonchev–Trinajstić information content (AvgIpc) is 3.10. The largest absolute Gasteiger partial charge is 0.464 e. The Morgan fingerprint density at radius 3 is 2.78 bits per heavy atom. The predicted octanol–water partition coefficient (Wildman–Crippen LogP) is 0.883. The number of nitrogens with zero attached hydrogens (tertiary/aromatic N) is 2. The second-order valence-electron chi connectivity index (χ2n) is 5.81. The van der Waals surface area contributed by atoms with Crippen LogP contribution in [0.2, 0.25) is 0 Å². The highest BCUT2D eigenvalue weighted by atomic mass is 32.2. The van der Waals surface area contributed by atoms with Gasteiger partial charge in [0.25, 0.3) is 0 Å². The van der Waals surface area contributed by atoms with E-state index >= 15 is 0 Å². The molecule has 0 aliphatic carbocycles. The summed E-state index contributed by atoms with van der Waals surface area (Å²) in [4.78, 5) is 14.1. The summed E-state index contributed by atoms with van der Waals surface area (Å²) in [7, 11) is -0.735. The van der Waals surface area contributed by atoms with Crippen LogP contribution >= 0.6 is 0 Å². The predicted molar refractivity (Wildman–Crippen MR) is 86.9 cm³/mol. The lowest BCUT2D eigenvalue weighted by Crippen LogP contribution is -2.40. The molecule has 1 N–H and O–H groups in total. The van der Waals surface area contributed by atoms with Crippen molar-refractivity contribution in [1.29, 1.82) is 0 Å². The molecule has 1 saturated heterocycles. The molecule has 2 heterocycles. The van der Waals surface area contributed by atoms with E-state index in [1.807, 2.05) is 0 Å². The topological polar surface area (TPSA) is 80.6 Å². The SMILES string of the molecule is CCN1CCC[C@H]1CNS(=O)(=O)c1cc(C(=O)OC)n(C)c1C. The van der Waals surface area contributed by atoms with E-state index in [1.165, 1.54) is 17.7 Å². The molecule has 7 nitrogen and oxygen atoms in total. The Morgan fingerprint density at radius 1 is 1.48 bits per heavy atom. The van der Waals surface area contributed by atoms with Crippen molar-refractivity contribution in [3.05, 3.63) is 17.5 Å². The molecule has 0 bridgehead atoms. The second-order valence-corrected chi connectivity index (χ2v) is 7.54. The van der Waals surface area contributed by atoms with Crippen LogP contribution in [0, 0.1) is 6.92 Å². The maximum atomic E-state index is 12.6. The molecule has 8 heteroatoms. The van der Waals surface area contributed by atoms with E-state index in [9.17, 15) is 13.2 Å².